The van der Waals surface area contributed by atoms with Gasteiger partial charge in [0.15, 0.2) is 0 Å². The average Bonchev–Trinajstić information content (AvgIpc) is 2.59. The minimum absolute atomic E-state index is 0. The van der Waals surface area contributed by atoms with Crippen LogP contribution in [0.15, 0.2) is 24.3 Å². The number of carbonyl (C=O) groups excluding carboxylic acids is 1. The fraction of sp³-hybridized carbons (Fsp3) is 0.438. The second kappa shape index (κ2) is 9.12. The number of carbonyl (C=O) groups is 3. The van der Waals surface area contributed by atoms with E-state index in [4.69, 9.17) is 28.2 Å². The maximum absolute atomic E-state index is 11.9. The summed E-state index contributed by atoms with van der Waals surface area (Å²) < 4.78 is 0. The van der Waals surface area contributed by atoms with Crippen molar-refractivity contribution in [1.29, 1.82) is 0 Å². The lowest BCUT2D eigenvalue weighted by Gasteiger charge is -2.47. The Morgan fingerprint density at radius 3 is 2.37 bits per heavy atom. The highest BCUT2D eigenvalue weighted by Gasteiger charge is 2.49. The van der Waals surface area contributed by atoms with Crippen LogP contribution in [0.1, 0.15) is 12.8 Å². The van der Waals surface area contributed by atoms with Crippen molar-refractivity contribution in [3.63, 3.8) is 0 Å². The number of carboxylic acid groups (broad SMARTS) is 2. The molecule has 1 aromatic rings. The summed E-state index contributed by atoms with van der Waals surface area (Å²) in [6.07, 6.45) is -0.791. The zero-order valence-corrected chi connectivity index (χ0v) is 15.9. The van der Waals surface area contributed by atoms with Crippen molar-refractivity contribution < 1.29 is 24.6 Å². The van der Waals surface area contributed by atoms with Crippen molar-refractivity contribution >= 4 is 47.7 Å². The smallest absolute Gasteiger partial charge is 0.325 e. The zero-order valence-electron chi connectivity index (χ0n) is 14.4. The van der Waals surface area contributed by atoms with E-state index in [1.807, 2.05) is 4.90 Å². The Morgan fingerprint density at radius 2 is 1.85 bits per heavy atom. The van der Waals surface area contributed by atoms with Crippen molar-refractivity contribution in [1.82, 2.24) is 4.90 Å². The quantitative estimate of drug-likeness (QED) is 0.535. The summed E-state index contributed by atoms with van der Waals surface area (Å²) in [6.45, 7) is 0.595. The van der Waals surface area contributed by atoms with Gasteiger partial charge in [-0.2, -0.15) is 0 Å². The van der Waals surface area contributed by atoms with Crippen molar-refractivity contribution in [2.75, 3.05) is 24.5 Å². The van der Waals surface area contributed by atoms with E-state index in [2.05, 4.69) is 0 Å². The van der Waals surface area contributed by atoms with Crippen molar-refractivity contribution in [3.8, 4) is 0 Å². The van der Waals surface area contributed by atoms with E-state index < -0.39 is 36.0 Å². The number of carboxylic acids is 2. The molecule has 0 aromatic heterocycles. The molecule has 1 fully saturated rings. The summed E-state index contributed by atoms with van der Waals surface area (Å²) >= 11 is 6.21. The van der Waals surface area contributed by atoms with Gasteiger partial charge in [-0.25, -0.2) is 4.79 Å². The number of hydrogen-bond donors (Lipinski definition) is 4. The fourth-order valence-electron chi connectivity index (χ4n) is 3.14. The standard InChI is InChI=1S/C16H21ClN4O5.ClH/c17-10-3-1-2-4-11(10)20-7-8-21(15(18)26)12(9-20)16(19,14(24)25)6-5-13(22)23;/h1-4,12H,5-9,19H2,(H2,18,26)(H,22,23)(H,24,25);1H/t12?,16-;/m1./s1. The zero-order chi connectivity index (χ0) is 19.5. The van der Waals surface area contributed by atoms with Crippen LogP contribution < -0.4 is 16.4 Å². The van der Waals surface area contributed by atoms with Gasteiger partial charge < -0.3 is 31.5 Å². The van der Waals surface area contributed by atoms with Gasteiger partial charge in [-0.15, -0.1) is 12.4 Å². The molecular weight excluding hydrogens is 399 g/mol. The SMILES string of the molecule is Cl.NC(=O)N1CCN(c2ccccc2Cl)CC1[C@](N)(CCC(=O)O)C(=O)O. The van der Waals surface area contributed by atoms with Crippen LogP contribution in [-0.2, 0) is 9.59 Å². The van der Waals surface area contributed by atoms with E-state index in [0.29, 0.717) is 17.3 Å². The summed E-state index contributed by atoms with van der Waals surface area (Å²) in [7, 11) is 0. The minimum Gasteiger partial charge on any atom is -0.481 e. The Bertz CT molecular complexity index is 720. The van der Waals surface area contributed by atoms with E-state index in [1.54, 1.807) is 24.3 Å². The molecule has 0 bridgehead atoms. The summed E-state index contributed by atoms with van der Waals surface area (Å²) in [5.74, 6) is -2.57. The van der Waals surface area contributed by atoms with E-state index in [-0.39, 0.29) is 31.9 Å². The van der Waals surface area contributed by atoms with E-state index in [1.165, 1.54) is 4.90 Å². The van der Waals surface area contributed by atoms with E-state index in [0.717, 1.165) is 0 Å². The van der Waals surface area contributed by atoms with Crippen LogP contribution in [0.2, 0.25) is 5.02 Å². The highest BCUT2D eigenvalue weighted by molar-refractivity contribution is 6.33. The van der Waals surface area contributed by atoms with Gasteiger partial charge in [0.05, 0.1) is 16.8 Å². The van der Waals surface area contributed by atoms with Gasteiger partial charge in [0.1, 0.15) is 5.54 Å². The molecular formula is C16H22Cl2N4O5. The van der Waals surface area contributed by atoms with Crippen LogP contribution in [0.3, 0.4) is 0 Å². The maximum atomic E-state index is 11.9. The van der Waals surface area contributed by atoms with Crippen LogP contribution in [-0.4, -0.2) is 64.3 Å². The number of halogens is 2. The molecule has 2 rings (SSSR count). The summed E-state index contributed by atoms with van der Waals surface area (Å²) in [4.78, 5) is 37.6. The lowest BCUT2D eigenvalue weighted by Crippen LogP contribution is -2.71. The Hall–Kier alpha value is -2.23. The summed E-state index contributed by atoms with van der Waals surface area (Å²) in [5.41, 5.74) is 10.2. The van der Waals surface area contributed by atoms with Crippen LogP contribution in [0, 0.1) is 0 Å². The van der Waals surface area contributed by atoms with Gasteiger partial charge in [-0.05, 0) is 18.6 Å². The van der Waals surface area contributed by atoms with Crippen molar-refractivity contribution in [2.24, 2.45) is 11.5 Å². The van der Waals surface area contributed by atoms with E-state index in [9.17, 15) is 19.5 Å². The average molecular weight is 421 g/mol. The number of nitrogens with zero attached hydrogens (tertiary/aromatic N) is 2. The van der Waals surface area contributed by atoms with Gasteiger partial charge in [0.2, 0.25) is 0 Å². The van der Waals surface area contributed by atoms with Crippen molar-refractivity contribution in [2.45, 2.75) is 24.4 Å². The van der Waals surface area contributed by atoms with Gasteiger partial charge >= 0.3 is 18.0 Å². The summed E-state index contributed by atoms with van der Waals surface area (Å²) in [5, 5.41) is 19.1. The number of hydrogen-bond acceptors (Lipinski definition) is 5. The second-order valence-electron chi connectivity index (χ2n) is 6.18. The third-order valence-corrected chi connectivity index (χ3v) is 4.92. The molecule has 1 heterocycles. The molecule has 1 aliphatic heterocycles. The number of nitrogens with two attached hydrogens (primary N) is 2. The van der Waals surface area contributed by atoms with E-state index >= 15 is 0 Å². The number of anilines is 1. The number of benzene rings is 1. The molecule has 11 heteroatoms. The number of para-hydroxylation sites is 1. The number of urea groups is 1. The molecule has 6 N–H and O–H groups in total. The minimum atomic E-state index is -1.96. The molecule has 0 saturated carbocycles. The fourth-order valence-corrected chi connectivity index (χ4v) is 3.40. The van der Waals surface area contributed by atoms with Gasteiger partial charge in [0, 0.05) is 26.1 Å². The molecule has 9 nitrogen and oxygen atoms in total. The predicted molar refractivity (Wildman–Crippen MR) is 102 cm³/mol. The first-order valence-corrected chi connectivity index (χ1v) is 8.34. The molecule has 1 aromatic carbocycles. The largest absolute Gasteiger partial charge is 0.481 e. The first-order chi connectivity index (χ1) is 12.2. The Kier molecular flexibility index (Phi) is 7.70. The normalized spacial score (nSPS) is 19.0. The second-order valence-corrected chi connectivity index (χ2v) is 6.59. The number of rotatable bonds is 6. The predicted octanol–water partition coefficient (Wildman–Crippen LogP) is 0.978. The monoisotopic (exact) mass is 420 g/mol. The maximum Gasteiger partial charge on any atom is 0.325 e. The summed E-state index contributed by atoms with van der Waals surface area (Å²) in [6, 6.07) is 5.20. The third-order valence-electron chi connectivity index (χ3n) is 4.60. The molecule has 1 unspecified atom stereocenters. The molecule has 0 radical (unpaired) electrons. The molecule has 2 amide bonds. The Labute approximate surface area is 167 Å². The Balaban J connectivity index is 0.00000364. The molecule has 1 aliphatic rings. The topological polar surface area (TPSA) is 150 Å². The number of primary amides is 1. The first kappa shape index (κ1) is 22.8. The lowest BCUT2D eigenvalue weighted by molar-refractivity contribution is -0.147. The van der Waals surface area contributed by atoms with Crippen LogP contribution in [0.5, 0.6) is 0 Å². The first-order valence-electron chi connectivity index (χ1n) is 7.96. The van der Waals surface area contributed by atoms with Gasteiger partial charge in [0.25, 0.3) is 0 Å². The molecule has 2 atom stereocenters. The highest BCUT2D eigenvalue weighted by atomic mass is 35.5. The van der Waals surface area contributed by atoms with Crippen LogP contribution in [0.4, 0.5) is 10.5 Å². The van der Waals surface area contributed by atoms with Crippen LogP contribution >= 0.6 is 24.0 Å². The third kappa shape index (κ3) is 4.94. The van der Waals surface area contributed by atoms with Gasteiger partial charge in [-0.1, -0.05) is 23.7 Å². The highest BCUT2D eigenvalue weighted by Crippen LogP contribution is 2.31. The molecule has 150 valence electrons. The molecule has 27 heavy (non-hydrogen) atoms. The van der Waals surface area contributed by atoms with Gasteiger partial charge in [-0.3, -0.25) is 9.59 Å². The number of amides is 2. The Morgan fingerprint density at radius 1 is 1.22 bits per heavy atom. The molecule has 0 spiro atoms. The van der Waals surface area contributed by atoms with Crippen molar-refractivity contribution in [3.05, 3.63) is 29.3 Å². The lowest BCUT2D eigenvalue weighted by atomic mass is 9.83. The number of piperazine rings is 1. The molecule has 1 saturated heterocycles. The van der Waals surface area contributed by atoms with Crippen LogP contribution in [0.25, 0.3) is 0 Å². The molecule has 0 aliphatic carbocycles. The number of aliphatic carboxylic acids is 2.